The van der Waals surface area contributed by atoms with E-state index in [0.29, 0.717) is 5.46 Å². The van der Waals surface area contributed by atoms with E-state index in [1.54, 1.807) is 6.07 Å². The largest absolute Gasteiger partial charge is 0.487 e. The molecule has 0 saturated heterocycles. The molecule has 2 N–H and O–H groups in total. The van der Waals surface area contributed by atoms with Gasteiger partial charge in [-0.25, -0.2) is 0 Å². The summed E-state index contributed by atoms with van der Waals surface area (Å²) in [6.45, 7) is 6.61. The van der Waals surface area contributed by atoms with E-state index in [4.69, 9.17) is 0 Å². The van der Waals surface area contributed by atoms with Gasteiger partial charge in [-0.05, 0) is 5.46 Å². The summed E-state index contributed by atoms with van der Waals surface area (Å²) < 4.78 is 0. The van der Waals surface area contributed by atoms with Gasteiger partial charge in [-0.1, -0.05) is 68.7 Å². The lowest BCUT2D eigenvalue weighted by atomic mass is 9.46. The highest BCUT2D eigenvalue weighted by Gasteiger charge is 2.23. The van der Waals surface area contributed by atoms with Gasteiger partial charge in [0.2, 0.25) is 0 Å². The minimum Gasteiger partial charge on any atom is -0.423 e. The van der Waals surface area contributed by atoms with Crippen molar-refractivity contribution in [2.45, 2.75) is 38.9 Å². The van der Waals surface area contributed by atoms with Gasteiger partial charge in [-0.15, -0.1) is 0 Å². The number of hydrogen-bond acceptors (Lipinski definition) is 2. The smallest absolute Gasteiger partial charge is 0.423 e. The maximum absolute atomic E-state index is 9.29. The van der Waals surface area contributed by atoms with Crippen molar-refractivity contribution in [3.05, 3.63) is 24.3 Å². The van der Waals surface area contributed by atoms with Crippen molar-refractivity contribution in [1.29, 1.82) is 0 Å². The van der Waals surface area contributed by atoms with Crippen molar-refractivity contribution < 1.29 is 10.0 Å². The van der Waals surface area contributed by atoms with Crippen LogP contribution in [-0.2, 0) is 0 Å². The van der Waals surface area contributed by atoms with Crippen LogP contribution in [0.2, 0.25) is 5.31 Å². The van der Waals surface area contributed by atoms with Crippen LogP contribution in [0.5, 0.6) is 0 Å². The summed E-state index contributed by atoms with van der Waals surface area (Å²) >= 11 is 0. The Labute approximate surface area is 99.1 Å². The number of rotatable bonds is 5. The fourth-order valence-corrected chi connectivity index (χ4v) is 2.23. The summed E-state index contributed by atoms with van der Waals surface area (Å²) in [6.07, 6.45) is 2.29. The monoisotopic (exact) mass is 218 g/mol. The molecule has 0 saturated carbocycles. The SMILES string of the molecule is CCCC(C)(C)Bc1ccccc1B(O)O. The van der Waals surface area contributed by atoms with Gasteiger partial charge in [-0.2, -0.15) is 0 Å². The summed E-state index contributed by atoms with van der Waals surface area (Å²) in [5, 5.41) is 18.8. The van der Waals surface area contributed by atoms with Crippen LogP contribution in [0.15, 0.2) is 24.3 Å². The van der Waals surface area contributed by atoms with Crippen molar-refractivity contribution in [3.8, 4) is 0 Å². The average molecular weight is 218 g/mol. The molecule has 0 radical (unpaired) electrons. The van der Waals surface area contributed by atoms with Crippen LogP contribution >= 0.6 is 0 Å². The Balaban J connectivity index is 2.88. The van der Waals surface area contributed by atoms with Crippen molar-refractivity contribution in [1.82, 2.24) is 0 Å². The van der Waals surface area contributed by atoms with Crippen molar-refractivity contribution in [2.24, 2.45) is 0 Å². The molecule has 0 unspecified atom stereocenters. The molecule has 1 rings (SSSR count). The molecule has 0 spiro atoms. The molecule has 0 amide bonds. The third-order valence-corrected chi connectivity index (χ3v) is 2.93. The van der Waals surface area contributed by atoms with Crippen LogP contribution < -0.4 is 10.9 Å². The lowest BCUT2D eigenvalue weighted by molar-refractivity contribution is 0.426. The van der Waals surface area contributed by atoms with Gasteiger partial charge in [-0.3, -0.25) is 0 Å². The maximum atomic E-state index is 9.29. The third-order valence-electron chi connectivity index (χ3n) is 2.93. The zero-order valence-electron chi connectivity index (χ0n) is 10.4. The van der Waals surface area contributed by atoms with Crippen LogP contribution in [0.25, 0.3) is 0 Å². The molecule has 86 valence electrons. The molecule has 4 heteroatoms. The van der Waals surface area contributed by atoms with E-state index in [1.165, 1.54) is 0 Å². The molecule has 16 heavy (non-hydrogen) atoms. The van der Waals surface area contributed by atoms with Crippen LogP contribution in [0.4, 0.5) is 0 Å². The second kappa shape index (κ2) is 5.55. The minimum atomic E-state index is -1.37. The highest BCUT2D eigenvalue weighted by atomic mass is 16.4. The fourth-order valence-electron chi connectivity index (χ4n) is 2.23. The molecule has 0 atom stereocenters. The van der Waals surface area contributed by atoms with E-state index >= 15 is 0 Å². The second-order valence-corrected chi connectivity index (χ2v) is 5.16. The first kappa shape index (κ1) is 13.3. The van der Waals surface area contributed by atoms with Gasteiger partial charge in [0.25, 0.3) is 0 Å². The molecule has 1 aromatic carbocycles. The number of hydrogen-bond donors (Lipinski definition) is 2. The van der Waals surface area contributed by atoms with Crippen LogP contribution in [0.3, 0.4) is 0 Å². The van der Waals surface area contributed by atoms with Crippen LogP contribution in [0.1, 0.15) is 33.6 Å². The van der Waals surface area contributed by atoms with E-state index in [-0.39, 0.29) is 5.31 Å². The van der Waals surface area contributed by atoms with Gasteiger partial charge in [0.15, 0.2) is 7.28 Å². The Bertz CT molecular complexity index is 338. The summed E-state index contributed by atoms with van der Waals surface area (Å²) in [6, 6.07) is 7.54. The number of benzene rings is 1. The van der Waals surface area contributed by atoms with Crippen molar-refractivity contribution in [2.75, 3.05) is 0 Å². The van der Waals surface area contributed by atoms with E-state index in [1.807, 2.05) is 18.2 Å². The highest BCUT2D eigenvalue weighted by molar-refractivity contribution is 6.70. The summed E-state index contributed by atoms with van der Waals surface area (Å²) in [7, 11) is -0.483. The average Bonchev–Trinajstić information content (AvgIpc) is 2.17. The topological polar surface area (TPSA) is 40.5 Å². The van der Waals surface area contributed by atoms with Crippen molar-refractivity contribution >= 4 is 25.3 Å². The molecule has 0 aliphatic carbocycles. The lowest BCUT2D eigenvalue weighted by Crippen LogP contribution is -2.46. The predicted octanol–water partition coefficient (Wildman–Crippen LogP) is 0.427. The molecule has 0 bridgehead atoms. The molecule has 0 heterocycles. The predicted molar refractivity (Wildman–Crippen MR) is 72.0 cm³/mol. The van der Waals surface area contributed by atoms with Gasteiger partial charge >= 0.3 is 7.12 Å². The summed E-state index contributed by atoms with van der Waals surface area (Å²) in [5.41, 5.74) is 1.67. The molecular formula is C12H20B2O2. The van der Waals surface area contributed by atoms with Gasteiger partial charge in [0.1, 0.15) is 0 Å². The quantitative estimate of drug-likeness (QED) is 0.703. The van der Waals surface area contributed by atoms with Crippen LogP contribution in [-0.4, -0.2) is 24.4 Å². The summed E-state index contributed by atoms with van der Waals surface area (Å²) in [5.74, 6) is 0. The van der Waals surface area contributed by atoms with E-state index in [2.05, 4.69) is 20.8 Å². The first-order chi connectivity index (χ1) is 7.46. The molecule has 1 aromatic rings. The maximum Gasteiger partial charge on any atom is 0.487 e. The molecular weight excluding hydrogens is 198 g/mol. The second-order valence-electron chi connectivity index (χ2n) is 5.16. The molecule has 0 aromatic heterocycles. The zero-order valence-corrected chi connectivity index (χ0v) is 10.4. The van der Waals surface area contributed by atoms with Gasteiger partial charge < -0.3 is 10.0 Å². The molecule has 0 fully saturated rings. The van der Waals surface area contributed by atoms with Gasteiger partial charge in [0.05, 0.1) is 0 Å². The lowest BCUT2D eigenvalue weighted by Gasteiger charge is -2.24. The molecule has 0 aliphatic rings. The van der Waals surface area contributed by atoms with E-state index < -0.39 is 7.12 Å². The standard InChI is InChI=1S/C12H20B2O2/c1-4-9-12(2,3)13-10-7-5-6-8-11(10)14(15)16/h5-8,13,15-16H,4,9H2,1-3H3. The van der Waals surface area contributed by atoms with Crippen molar-refractivity contribution in [3.63, 3.8) is 0 Å². The first-order valence-electron chi connectivity index (χ1n) is 5.90. The molecule has 0 aliphatic heterocycles. The minimum absolute atomic E-state index is 0.208. The Kier molecular flexibility index (Phi) is 4.63. The highest BCUT2D eigenvalue weighted by Crippen LogP contribution is 2.28. The zero-order chi connectivity index (χ0) is 12.2. The Hall–Kier alpha value is -0.730. The Morgan fingerprint density at radius 3 is 2.44 bits per heavy atom. The van der Waals surface area contributed by atoms with Crippen LogP contribution in [0, 0.1) is 0 Å². The fraction of sp³-hybridized carbons (Fsp3) is 0.500. The first-order valence-corrected chi connectivity index (χ1v) is 5.90. The summed E-state index contributed by atoms with van der Waals surface area (Å²) in [4.78, 5) is 0. The van der Waals surface area contributed by atoms with E-state index in [9.17, 15) is 10.0 Å². The normalized spacial score (nSPS) is 11.3. The Morgan fingerprint density at radius 2 is 1.88 bits per heavy atom. The van der Waals surface area contributed by atoms with E-state index in [0.717, 1.165) is 25.6 Å². The molecule has 2 nitrogen and oxygen atoms in total. The van der Waals surface area contributed by atoms with Gasteiger partial charge in [0, 0.05) is 0 Å². The third kappa shape index (κ3) is 3.69. The Morgan fingerprint density at radius 1 is 1.25 bits per heavy atom.